The Kier molecular flexibility index (Phi) is 4.87. The van der Waals surface area contributed by atoms with Gasteiger partial charge in [-0.15, -0.1) is 5.92 Å². The lowest BCUT2D eigenvalue weighted by Gasteiger charge is -2.20. The average Bonchev–Trinajstić information content (AvgIpc) is 2.14. The standard InChI is InChI=1S/C11H18O/c1-2-3-7-10-12-11-8-5-4-6-9-11/h11H,2,4-6,8-10H2,1H3. The summed E-state index contributed by atoms with van der Waals surface area (Å²) in [4.78, 5) is 0. The van der Waals surface area contributed by atoms with Crippen molar-refractivity contribution in [1.29, 1.82) is 0 Å². The third-order valence-electron chi connectivity index (χ3n) is 2.25. The van der Waals surface area contributed by atoms with E-state index in [9.17, 15) is 0 Å². The van der Waals surface area contributed by atoms with Gasteiger partial charge in [-0.1, -0.05) is 32.1 Å². The number of hydrogen-bond acceptors (Lipinski definition) is 1. The van der Waals surface area contributed by atoms with Crippen molar-refractivity contribution in [2.45, 2.75) is 51.6 Å². The summed E-state index contributed by atoms with van der Waals surface area (Å²) in [5.74, 6) is 6.02. The van der Waals surface area contributed by atoms with E-state index in [1.807, 2.05) is 0 Å². The minimum Gasteiger partial charge on any atom is -0.366 e. The third-order valence-corrected chi connectivity index (χ3v) is 2.25. The monoisotopic (exact) mass is 166 g/mol. The molecule has 0 unspecified atom stereocenters. The van der Waals surface area contributed by atoms with Gasteiger partial charge in [0.25, 0.3) is 0 Å². The van der Waals surface area contributed by atoms with Gasteiger partial charge in [0.1, 0.15) is 6.61 Å². The Hall–Kier alpha value is -0.480. The fourth-order valence-corrected chi connectivity index (χ4v) is 1.57. The lowest BCUT2D eigenvalue weighted by molar-refractivity contribution is 0.0497. The molecule has 1 rings (SSSR count). The molecular formula is C11H18O. The predicted octanol–water partition coefficient (Wildman–Crippen LogP) is 2.75. The van der Waals surface area contributed by atoms with Gasteiger partial charge in [0.15, 0.2) is 0 Å². The van der Waals surface area contributed by atoms with Gasteiger partial charge in [-0.05, 0) is 12.8 Å². The number of rotatable bonds is 2. The fraction of sp³-hybridized carbons (Fsp3) is 0.818. The molecule has 0 heterocycles. The van der Waals surface area contributed by atoms with Gasteiger partial charge in [-0.2, -0.15) is 0 Å². The number of hydrogen-bond donors (Lipinski definition) is 0. The molecule has 68 valence electrons. The molecule has 0 radical (unpaired) electrons. The quantitative estimate of drug-likeness (QED) is 0.573. The highest BCUT2D eigenvalue weighted by molar-refractivity contribution is 4.98. The zero-order chi connectivity index (χ0) is 8.65. The largest absolute Gasteiger partial charge is 0.366 e. The van der Waals surface area contributed by atoms with Gasteiger partial charge in [0.05, 0.1) is 6.10 Å². The molecule has 1 nitrogen and oxygen atoms in total. The molecule has 0 spiro atoms. The van der Waals surface area contributed by atoms with E-state index in [0.717, 1.165) is 6.42 Å². The maximum absolute atomic E-state index is 5.61. The van der Waals surface area contributed by atoms with Crippen LogP contribution in [0.4, 0.5) is 0 Å². The lowest BCUT2D eigenvalue weighted by Crippen LogP contribution is -2.16. The summed E-state index contributed by atoms with van der Waals surface area (Å²) in [5, 5.41) is 0. The number of ether oxygens (including phenoxy) is 1. The Bertz CT molecular complexity index is 158. The molecular weight excluding hydrogens is 148 g/mol. The molecule has 0 aromatic carbocycles. The minimum atomic E-state index is 0.505. The van der Waals surface area contributed by atoms with E-state index >= 15 is 0 Å². The summed E-state index contributed by atoms with van der Waals surface area (Å²) >= 11 is 0. The van der Waals surface area contributed by atoms with Gasteiger partial charge in [0, 0.05) is 6.42 Å². The highest BCUT2D eigenvalue weighted by Crippen LogP contribution is 2.19. The molecule has 0 bridgehead atoms. The highest BCUT2D eigenvalue weighted by atomic mass is 16.5. The van der Waals surface area contributed by atoms with Crippen molar-refractivity contribution in [3.63, 3.8) is 0 Å². The first kappa shape index (κ1) is 9.61. The van der Waals surface area contributed by atoms with Crippen molar-refractivity contribution in [3.05, 3.63) is 0 Å². The van der Waals surface area contributed by atoms with Gasteiger partial charge in [-0.3, -0.25) is 0 Å². The van der Waals surface area contributed by atoms with E-state index in [2.05, 4.69) is 18.8 Å². The molecule has 1 aliphatic rings. The summed E-state index contributed by atoms with van der Waals surface area (Å²) in [7, 11) is 0. The van der Waals surface area contributed by atoms with Crippen LogP contribution in [0.15, 0.2) is 0 Å². The van der Waals surface area contributed by atoms with Crippen LogP contribution in [-0.2, 0) is 4.74 Å². The van der Waals surface area contributed by atoms with Crippen LogP contribution >= 0.6 is 0 Å². The van der Waals surface area contributed by atoms with Gasteiger partial charge >= 0.3 is 0 Å². The smallest absolute Gasteiger partial charge is 0.108 e. The second-order valence-electron chi connectivity index (χ2n) is 3.28. The Morgan fingerprint density at radius 3 is 2.58 bits per heavy atom. The molecule has 0 aromatic heterocycles. The molecule has 1 fully saturated rings. The van der Waals surface area contributed by atoms with Crippen molar-refractivity contribution in [2.75, 3.05) is 6.61 Å². The molecule has 1 aliphatic carbocycles. The van der Waals surface area contributed by atoms with Crippen LogP contribution in [0.2, 0.25) is 0 Å². The second-order valence-corrected chi connectivity index (χ2v) is 3.28. The van der Waals surface area contributed by atoms with Gasteiger partial charge in [-0.25, -0.2) is 0 Å². The van der Waals surface area contributed by atoms with E-state index in [1.54, 1.807) is 0 Å². The van der Waals surface area contributed by atoms with Gasteiger partial charge < -0.3 is 4.74 Å². The topological polar surface area (TPSA) is 9.23 Å². The van der Waals surface area contributed by atoms with Crippen molar-refractivity contribution in [1.82, 2.24) is 0 Å². The molecule has 0 aliphatic heterocycles. The fourth-order valence-electron chi connectivity index (χ4n) is 1.57. The molecule has 1 heteroatoms. The molecule has 0 aromatic rings. The maximum atomic E-state index is 5.61. The van der Waals surface area contributed by atoms with Crippen molar-refractivity contribution in [3.8, 4) is 11.8 Å². The molecule has 1 saturated carbocycles. The van der Waals surface area contributed by atoms with E-state index in [-0.39, 0.29) is 0 Å². The van der Waals surface area contributed by atoms with Crippen LogP contribution in [0.1, 0.15) is 45.4 Å². The first-order valence-electron chi connectivity index (χ1n) is 5.01. The van der Waals surface area contributed by atoms with Crippen LogP contribution in [0.5, 0.6) is 0 Å². The molecule has 0 atom stereocenters. The molecule has 0 saturated heterocycles. The Morgan fingerprint density at radius 2 is 1.92 bits per heavy atom. The van der Waals surface area contributed by atoms with E-state index in [4.69, 9.17) is 4.74 Å². The summed E-state index contributed by atoms with van der Waals surface area (Å²) in [6, 6.07) is 0. The molecule has 0 amide bonds. The highest BCUT2D eigenvalue weighted by Gasteiger charge is 2.12. The summed E-state index contributed by atoms with van der Waals surface area (Å²) in [5.41, 5.74) is 0. The van der Waals surface area contributed by atoms with Crippen LogP contribution in [-0.4, -0.2) is 12.7 Å². The van der Waals surface area contributed by atoms with E-state index < -0.39 is 0 Å². The van der Waals surface area contributed by atoms with Crippen LogP contribution < -0.4 is 0 Å². The van der Waals surface area contributed by atoms with Crippen LogP contribution in [0, 0.1) is 11.8 Å². The maximum Gasteiger partial charge on any atom is 0.108 e. The van der Waals surface area contributed by atoms with E-state index in [0.29, 0.717) is 12.7 Å². The normalized spacial score (nSPS) is 18.4. The summed E-state index contributed by atoms with van der Waals surface area (Å²) in [6.07, 6.45) is 8.00. The van der Waals surface area contributed by atoms with Gasteiger partial charge in [0.2, 0.25) is 0 Å². The Morgan fingerprint density at radius 1 is 1.17 bits per heavy atom. The Balaban J connectivity index is 2.05. The van der Waals surface area contributed by atoms with Crippen molar-refractivity contribution in [2.24, 2.45) is 0 Å². The second kappa shape index (κ2) is 6.08. The Labute approximate surface area is 75.5 Å². The van der Waals surface area contributed by atoms with Crippen LogP contribution in [0.25, 0.3) is 0 Å². The van der Waals surface area contributed by atoms with Crippen molar-refractivity contribution >= 4 is 0 Å². The first-order chi connectivity index (χ1) is 5.93. The SMILES string of the molecule is CCC#CCOC1CCCCC1. The lowest BCUT2D eigenvalue weighted by atomic mass is 9.98. The summed E-state index contributed by atoms with van der Waals surface area (Å²) in [6.45, 7) is 2.70. The third kappa shape index (κ3) is 3.78. The summed E-state index contributed by atoms with van der Waals surface area (Å²) < 4.78 is 5.61. The average molecular weight is 166 g/mol. The van der Waals surface area contributed by atoms with Crippen LogP contribution in [0.3, 0.4) is 0 Å². The predicted molar refractivity (Wildman–Crippen MR) is 50.9 cm³/mol. The van der Waals surface area contributed by atoms with E-state index in [1.165, 1.54) is 32.1 Å². The molecule has 0 N–H and O–H groups in total. The molecule has 12 heavy (non-hydrogen) atoms. The van der Waals surface area contributed by atoms with Crippen molar-refractivity contribution < 1.29 is 4.74 Å². The first-order valence-corrected chi connectivity index (χ1v) is 5.01. The zero-order valence-corrected chi connectivity index (χ0v) is 7.94. The minimum absolute atomic E-state index is 0.505. The zero-order valence-electron chi connectivity index (χ0n) is 7.94.